The van der Waals surface area contributed by atoms with E-state index in [9.17, 15) is 19.5 Å². The fourth-order valence-corrected chi connectivity index (χ4v) is 8.90. The molecular formula is C76H126NO8+. The van der Waals surface area contributed by atoms with Crippen molar-refractivity contribution in [3.63, 3.8) is 0 Å². The van der Waals surface area contributed by atoms with Gasteiger partial charge in [-0.3, -0.25) is 9.59 Å². The molecule has 482 valence electrons. The molecule has 0 spiro atoms. The van der Waals surface area contributed by atoms with Crippen LogP contribution in [0.5, 0.6) is 0 Å². The summed E-state index contributed by atoms with van der Waals surface area (Å²) in [6, 6.07) is 0. The van der Waals surface area contributed by atoms with Crippen LogP contribution in [-0.4, -0.2) is 87.4 Å². The summed E-state index contributed by atoms with van der Waals surface area (Å²) < 4.78 is 22.9. The Labute approximate surface area is 522 Å². The van der Waals surface area contributed by atoms with Gasteiger partial charge in [0, 0.05) is 12.8 Å². The number of allylic oxidation sites excluding steroid dienone is 24. The minimum Gasteiger partial charge on any atom is -0.477 e. The molecule has 0 rings (SSSR count). The third-order valence-electron chi connectivity index (χ3n) is 14.1. The lowest BCUT2D eigenvalue weighted by atomic mass is 10.0. The molecule has 0 aromatic rings. The Hall–Kier alpha value is -4.83. The van der Waals surface area contributed by atoms with E-state index in [1.807, 2.05) is 21.1 Å². The number of esters is 2. The van der Waals surface area contributed by atoms with Crippen LogP contribution in [0.2, 0.25) is 0 Å². The molecule has 0 fully saturated rings. The maximum Gasteiger partial charge on any atom is 0.361 e. The van der Waals surface area contributed by atoms with Gasteiger partial charge in [0.1, 0.15) is 13.2 Å². The zero-order chi connectivity index (χ0) is 61.9. The number of quaternary nitrogens is 1. The number of rotatable bonds is 61. The SMILES string of the molecule is CC/C=C\C/C=C\C/C=C\C/C=C\C/C=C\C/C=C\C/C=C\C/C=C\C/C=C\CCCCCCCCCCCCCCCC(=O)OC(COC(=O)CCCCCCCC/C=C\C/C=C\C/C=C\CCCCC)COC(OCC[N+](C)(C)C)C(=O)O. The van der Waals surface area contributed by atoms with Gasteiger partial charge in [0.25, 0.3) is 6.29 Å². The molecule has 85 heavy (non-hydrogen) atoms. The molecule has 0 saturated carbocycles. The maximum absolute atomic E-state index is 12.9. The van der Waals surface area contributed by atoms with Crippen LogP contribution in [0.15, 0.2) is 146 Å². The molecule has 0 aromatic heterocycles. The second-order valence-corrected chi connectivity index (χ2v) is 23.4. The number of carboxylic acid groups (broad SMARTS) is 1. The highest BCUT2D eigenvalue weighted by molar-refractivity contribution is 5.71. The fourth-order valence-electron chi connectivity index (χ4n) is 8.90. The number of carboxylic acids is 1. The van der Waals surface area contributed by atoms with Crippen LogP contribution in [0.25, 0.3) is 0 Å². The first-order chi connectivity index (χ1) is 41.6. The van der Waals surface area contributed by atoms with Crippen molar-refractivity contribution in [1.82, 2.24) is 0 Å². The molecule has 0 heterocycles. The summed E-state index contributed by atoms with van der Waals surface area (Å²) in [5.41, 5.74) is 0. The molecule has 2 atom stereocenters. The van der Waals surface area contributed by atoms with Gasteiger partial charge in [0.05, 0.1) is 34.4 Å². The molecule has 9 heteroatoms. The third kappa shape index (κ3) is 66.5. The van der Waals surface area contributed by atoms with Crippen LogP contribution >= 0.6 is 0 Å². The second-order valence-electron chi connectivity index (χ2n) is 23.4. The number of carbonyl (C=O) groups excluding carboxylic acids is 2. The molecule has 0 aliphatic heterocycles. The minimum absolute atomic E-state index is 0.179. The number of likely N-dealkylation sites (N-methyl/N-ethyl adjacent to an activating group) is 1. The molecule has 9 nitrogen and oxygen atoms in total. The topological polar surface area (TPSA) is 108 Å². The highest BCUT2D eigenvalue weighted by Gasteiger charge is 2.25. The second kappa shape index (κ2) is 65.2. The van der Waals surface area contributed by atoms with Gasteiger partial charge in [-0.15, -0.1) is 0 Å². The van der Waals surface area contributed by atoms with Gasteiger partial charge in [-0.25, -0.2) is 4.79 Å². The highest BCUT2D eigenvalue weighted by Crippen LogP contribution is 2.16. The van der Waals surface area contributed by atoms with Crippen molar-refractivity contribution in [3.8, 4) is 0 Å². The van der Waals surface area contributed by atoms with Crippen molar-refractivity contribution in [2.45, 2.75) is 270 Å². The lowest BCUT2D eigenvalue weighted by Gasteiger charge is -2.25. The first-order valence-electron chi connectivity index (χ1n) is 34.0. The van der Waals surface area contributed by atoms with E-state index >= 15 is 0 Å². The average molecular weight is 1180 g/mol. The largest absolute Gasteiger partial charge is 0.477 e. The van der Waals surface area contributed by atoms with Gasteiger partial charge in [-0.05, 0) is 122 Å². The number of unbranched alkanes of at least 4 members (excludes halogenated alkanes) is 22. The standard InChI is InChI=1S/C76H125NO8/c1-6-8-10-12-14-16-18-20-22-24-26-27-28-29-30-31-32-33-34-35-36-37-38-39-40-41-42-43-44-45-46-47-49-51-53-55-57-59-61-63-65-67-74(79)85-72(71-84-76(75(80)81)82-69-68-77(3,4)5)70-83-73(78)66-64-62-60-58-56-54-52-50-48-25-23-21-19-17-15-13-11-9-7-2/h8,10,14-17,20-23,26-27,29-30,32-33,35-36,38-39,41-42,48,50,72,76H,6-7,9,11-13,18-19,24-25,28,31,34,37,40,43-47,49,51-71H2,1-5H3/p+1/b10-8-,16-14-,17-15-,22-20-,23-21-,27-26-,30-29-,33-32-,36-35-,39-38-,42-41-,50-48-. The zero-order valence-corrected chi connectivity index (χ0v) is 55.0. The Morgan fingerprint density at radius 1 is 0.365 bits per heavy atom. The zero-order valence-electron chi connectivity index (χ0n) is 55.0. The minimum atomic E-state index is -1.52. The van der Waals surface area contributed by atoms with Crippen LogP contribution in [0.1, 0.15) is 258 Å². The lowest BCUT2D eigenvalue weighted by Crippen LogP contribution is -2.40. The van der Waals surface area contributed by atoms with E-state index in [0.717, 1.165) is 122 Å². The molecule has 2 unspecified atom stereocenters. The summed E-state index contributed by atoms with van der Waals surface area (Å²) in [5, 5.41) is 9.73. The summed E-state index contributed by atoms with van der Waals surface area (Å²) in [5.74, 6) is -2.03. The van der Waals surface area contributed by atoms with Crippen molar-refractivity contribution in [3.05, 3.63) is 146 Å². The monoisotopic (exact) mass is 1180 g/mol. The summed E-state index contributed by atoms with van der Waals surface area (Å²) in [4.78, 5) is 37.5. The predicted octanol–water partition coefficient (Wildman–Crippen LogP) is 21.1. The molecule has 0 amide bonds. The van der Waals surface area contributed by atoms with Gasteiger partial charge in [-0.1, -0.05) is 269 Å². The molecule has 0 bridgehead atoms. The summed E-state index contributed by atoms with van der Waals surface area (Å²) >= 11 is 0. The van der Waals surface area contributed by atoms with Gasteiger partial charge in [0.2, 0.25) is 0 Å². The molecule has 0 saturated heterocycles. The smallest absolute Gasteiger partial charge is 0.361 e. The Morgan fingerprint density at radius 3 is 1.00 bits per heavy atom. The number of hydrogen-bond acceptors (Lipinski definition) is 7. The fraction of sp³-hybridized carbons (Fsp3) is 0.645. The predicted molar refractivity (Wildman–Crippen MR) is 364 cm³/mol. The first-order valence-corrected chi connectivity index (χ1v) is 34.0. The molecular weight excluding hydrogens is 1050 g/mol. The van der Waals surface area contributed by atoms with Crippen molar-refractivity contribution in [2.75, 3.05) is 47.5 Å². The number of ether oxygens (including phenoxy) is 4. The highest BCUT2D eigenvalue weighted by atomic mass is 16.7. The van der Waals surface area contributed by atoms with Crippen molar-refractivity contribution < 1.29 is 42.9 Å². The lowest BCUT2D eigenvalue weighted by molar-refractivity contribution is -0.870. The quantitative estimate of drug-likeness (QED) is 0.0211. The summed E-state index contributed by atoms with van der Waals surface area (Å²) in [6.45, 7) is 4.71. The summed E-state index contributed by atoms with van der Waals surface area (Å²) in [6.07, 6.45) is 92.3. The van der Waals surface area contributed by atoms with Crippen molar-refractivity contribution in [1.29, 1.82) is 0 Å². The Balaban J connectivity index is 4.13. The number of carbonyl (C=O) groups is 3. The average Bonchev–Trinajstić information content (AvgIpc) is 3.49. The van der Waals surface area contributed by atoms with E-state index in [0.29, 0.717) is 17.4 Å². The van der Waals surface area contributed by atoms with Crippen molar-refractivity contribution >= 4 is 17.9 Å². The van der Waals surface area contributed by atoms with E-state index in [1.54, 1.807) is 0 Å². The van der Waals surface area contributed by atoms with Crippen LogP contribution in [0.4, 0.5) is 0 Å². The molecule has 0 aliphatic carbocycles. The van der Waals surface area contributed by atoms with E-state index in [4.69, 9.17) is 18.9 Å². The molecule has 0 aromatic carbocycles. The van der Waals surface area contributed by atoms with Crippen LogP contribution in [0.3, 0.4) is 0 Å². The molecule has 0 aliphatic rings. The Morgan fingerprint density at radius 2 is 0.671 bits per heavy atom. The third-order valence-corrected chi connectivity index (χ3v) is 14.1. The molecule has 0 radical (unpaired) electrons. The van der Waals surface area contributed by atoms with E-state index in [1.165, 1.54) is 103 Å². The van der Waals surface area contributed by atoms with Gasteiger partial charge < -0.3 is 28.5 Å². The maximum atomic E-state index is 12.9. The van der Waals surface area contributed by atoms with Gasteiger partial charge in [0.15, 0.2) is 6.10 Å². The number of hydrogen-bond donors (Lipinski definition) is 1. The van der Waals surface area contributed by atoms with Crippen LogP contribution in [-0.2, 0) is 33.3 Å². The normalized spacial score (nSPS) is 13.7. The van der Waals surface area contributed by atoms with Crippen molar-refractivity contribution in [2.24, 2.45) is 0 Å². The number of nitrogens with zero attached hydrogens (tertiary/aromatic N) is 1. The van der Waals surface area contributed by atoms with Crippen LogP contribution < -0.4 is 0 Å². The van der Waals surface area contributed by atoms with Gasteiger partial charge >= 0.3 is 17.9 Å². The Bertz CT molecular complexity index is 1900. The first kappa shape index (κ1) is 80.2. The van der Waals surface area contributed by atoms with E-state index in [2.05, 4.69) is 160 Å². The van der Waals surface area contributed by atoms with E-state index in [-0.39, 0.29) is 38.6 Å². The number of aliphatic carboxylic acids is 1. The Kier molecular flexibility index (Phi) is 61.4. The summed E-state index contributed by atoms with van der Waals surface area (Å²) in [7, 11) is 5.96. The molecule has 1 N–H and O–H groups in total. The van der Waals surface area contributed by atoms with E-state index < -0.39 is 24.3 Å². The van der Waals surface area contributed by atoms with Gasteiger partial charge in [-0.2, -0.15) is 0 Å². The van der Waals surface area contributed by atoms with Crippen LogP contribution in [0, 0.1) is 0 Å².